The van der Waals surface area contributed by atoms with E-state index in [0.717, 1.165) is 25.6 Å². The Morgan fingerprint density at radius 2 is 2.17 bits per heavy atom. The first kappa shape index (κ1) is 11.9. The third-order valence-corrected chi connectivity index (χ3v) is 1.96. The van der Waals surface area contributed by atoms with Crippen molar-refractivity contribution in [1.29, 1.82) is 0 Å². The highest BCUT2D eigenvalue weighted by Crippen LogP contribution is 2.03. The van der Waals surface area contributed by atoms with Gasteiger partial charge < -0.3 is 10.1 Å². The number of hydrogen-bond acceptors (Lipinski definition) is 2. The minimum atomic E-state index is 0.784. The van der Waals surface area contributed by atoms with Crippen molar-refractivity contribution in [3.63, 3.8) is 0 Å². The number of methoxy groups -OCH3 is 1. The first-order valence-corrected chi connectivity index (χ1v) is 5.00. The van der Waals surface area contributed by atoms with Crippen LogP contribution in [-0.4, -0.2) is 26.8 Å². The van der Waals surface area contributed by atoms with Gasteiger partial charge in [-0.05, 0) is 38.3 Å². The largest absolute Gasteiger partial charge is 0.385 e. The van der Waals surface area contributed by atoms with Crippen LogP contribution in [0.15, 0.2) is 0 Å². The summed E-state index contributed by atoms with van der Waals surface area (Å²) >= 11 is 0. The van der Waals surface area contributed by atoms with E-state index >= 15 is 0 Å². The van der Waals surface area contributed by atoms with Gasteiger partial charge in [-0.3, -0.25) is 0 Å². The molecular formula is C10H23NO. The molecule has 2 nitrogen and oxygen atoms in total. The minimum absolute atomic E-state index is 0.784. The maximum Gasteiger partial charge on any atom is 0.0462 e. The van der Waals surface area contributed by atoms with Gasteiger partial charge in [0, 0.05) is 13.7 Å². The molecule has 12 heavy (non-hydrogen) atoms. The molecule has 0 heterocycles. The molecule has 1 atom stereocenters. The molecule has 0 radical (unpaired) electrons. The van der Waals surface area contributed by atoms with Crippen LogP contribution in [-0.2, 0) is 4.74 Å². The highest BCUT2D eigenvalue weighted by molar-refractivity contribution is 4.56. The smallest absolute Gasteiger partial charge is 0.0462 e. The second-order valence-corrected chi connectivity index (χ2v) is 3.44. The van der Waals surface area contributed by atoms with Crippen LogP contribution in [0.5, 0.6) is 0 Å². The fourth-order valence-corrected chi connectivity index (χ4v) is 1.20. The van der Waals surface area contributed by atoms with Crippen LogP contribution in [0.3, 0.4) is 0 Å². The Kier molecular flexibility index (Phi) is 8.95. The highest BCUT2D eigenvalue weighted by Gasteiger charge is 1.99. The molecule has 74 valence electrons. The van der Waals surface area contributed by atoms with Gasteiger partial charge in [-0.2, -0.15) is 0 Å². The summed E-state index contributed by atoms with van der Waals surface area (Å²) in [4.78, 5) is 0. The van der Waals surface area contributed by atoms with E-state index in [9.17, 15) is 0 Å². The quantitative estimate of drug-likeness (QED) is 0.567. The molecule has 0 amide bonds. The van der Waals surface area contributed by atoms with E-state index in [4.69, 9.17) is 4.74 Å². The first-order chi connectivity index (χ1) is 5.81. The van der Waals surface area contributed by atoms with Crippen LogP contribution < -0.4 is 5.32 Å². The van der Waals surface area contributed by atoms with Crippen LogP contribution >= 0.6 is 0 Å². The van der Waals surface area contributed by atoms with Crippen LogP contribution in [0.4, 0.5) is 0 Å². The maximum atomic E-state index is 5.00. The lowest BCUT2D eigenvalue weighted by Crippen LogP contribution is -2.21. The average Bonchev–Trinajstić information content (AvgIpc) is 2.06. The molecule has 1 N–H and O–H groups in total. The molecule has 0 aromatic heterocycles. The van der Waals surface area contributed by atoms with Crippen molar-refractivity contribution >= 4 is 0 Å². The van der Waals surface area contributed by atoms with Gasteiger partial charge in [0.2, 0.25) is 0 Å². The van der Waals surface area contributed by atoms with Crippen LogP contribution in [0.1, 0.15) is 33.1 Å². The third kappa shape index (κ3) is 8.02. The van der Waals surface area contributed by atoms with Crippen molar-refractivity contribution < 1.29 is 4.74 Å². The standard InChI is InChI=1S/C10H23NO/c1-4-7-11-9-10(2)6-5-8-12-3/h10-11H,4-9H2,1-3H3. The fraction of sp³-hybridized carbons (Fsp3) is 1.00. The van der Waals surface area contributed by atoms with Crippen molar-refractivity contribution in [2.24, 2.45) is 5.92 Å². The molecule has 0 aliphatic carbocycles. The zero-order chi connectivity index (χ0) is 9.23. The van der Waals surface area contributed by atoms with Gasteiger partial charge in [0.05, 0.1) is 0 Å². The van der Waals surface area contributed by atoms with Crippen LogP contribution in [0.2, 0.25) is 0 Å². The maximum absolute atomic E-state index is 5.00. The summed E-state index contributed by atoms with van der Waals surface area (Å²) in [5, 5.41) is 3.42. The normalized spacial score (nSPS) is 13.2. The molecule has 2 heteroatoms. The monoisotopic (exact) mass is 173 g/mol. The average molecular weight is 173 g/mol. The summed E-state index contributed by atoms with van der Waals surface area (Å²) in [5.41, 5.74) is 0. The Hall–Kier alpha value is -0.0800. The summed E-state index contributed by atoms with van der Waals surface area (Å²) < 4.78 is 5.00. The van der Waals surface area contributed by atoms with Crippen molar-refractivity contribution in [1.82, 2.24) is 5.32 Å². The van der Waals surface area contributed by atoms with Gasteiger partial charge in [-0.25, -0.2) is 0 Å². The zero-order valence-electron chi connectivity index (χ0n) is 8.73. The number of nitrogens with one attached hydrogen (secondary N) is 1. The van der Waals surface area contributed by atoms with Gasteiger partial charge in [-0.1, -0.05) is 13.8 Å². The second kappa shape index (κ2) is 9.01. The van der Waals surface area contributed by atoms with Crippen molar-refractivity contribution in [3.8, 4) is 0 Å². The van der Waals surface area contributed by atoms with Crippen molar-refractivity contribution in [3.05, 3.63) is 0 Å². The van der Waals surface area contributed by atoms with E-state index in [-0.39, 0.29) is 0 Å². The van der Waals surface area contributed by atoms with E-state index in [1.54, 1.807) is 7.11 Å². The molecule has 0 fully saturated rings. The Bertz CT molecular complexity index is 75.9. The third-order valence-electron chi connectivity index (χ3n) is 1.96. The summed E-state index contributed by atoms with van der Waals surface area (Å²) in [6.45, 7) is 7.69. The van der Waals surface area contributed by atoms with Gasteiger partial charge in [-0.15, -0.1) is 0 Å². The summed E-state index contributed by atoms with van der Waals surface area (Å²) in [5.74, 6) is 0.784. The second-order valence-electron chi connectivity index (χ2n) is 3.44. The van der Waals surface area contributed by atoms with E-state index < -0.39 is 0 Å². The Morgan fingerprint density at radius 1 is 1.42 bits per heavy atom. The topological polar surface area (TPSA) is 21.3 Å². The summed E-state index contributed by atoms with van der Waals surface area (Å²) in [6, 6.07) is 0. The van der Waals surface area contributed by atoms with Crippen LogP contribution in [0.25, 0.3) is 0 Å². The SMILES string of the molecule is CCCNCC(C)CCCOC. The van der Waals surface area contributed by atoms with Gasteiger partial charge in [0.15, 0.2) is 0 Å². The molecule has 0 saturated heterocycles. The Morgan fingerprint density at radius 3 is 2.75 bits per heavy atom. The lowest BCUT2D eigenvalue weighted by Gasteiger charge is -2.11. The predicted octanol–water partition coefficient (Wildman–Crippen LogP) is 2.05. The minimum Gasteiger partial charge on any atom is -0.385 e. The van der Waals surface area contributed by atoms with Crippen LogP contribution in [0, 0.1) is 5.92 Å². The van der Waals surface area contributed by atoms with E-state index in [1.165, 1.54) is 19.3 Å². The highest BCUT2D eigenvalue weighted by atomic mass is 16.5. The molecule has 0 aliphatic heterocycles. The first-order valence-electron chi connectivity index (χ1n) is 5.00. The number of ether oxygens (including phenoxy) is 1. The summed E-state index contributed by atoms with van der Waals surface area (Å²) in [7, 11) is 1.76. The molecule has 0 bridgehead atoms. The van der Waals surface area contributed by atoms with Crippen molar-refractivity contribution in [2.45, 2.75) is 33.1 Å². The molecule has 0 rings (SSSR count). The molecule has 0 spiro atoms. The molecule has 0 aliphatic rings. The number of rotatable bonds is 8. The molecular weight excluding hydrogens is 150 g/mol. The van der Waals surface area contributed by atoms with E-state index in [0.29, 0.717) is 0 Å². The van der Waals surface area contributed by atoms with Gasteiger partial charge >= 0.3 is 0 Å². The Balaban J connectivity index is 3.04. The zero-order valence-corrected chi connectivity index (χ0v) is 8.73. The molecule has 1 unspecified atom stereocenters. The lowest BCUT2D eigenvalue weighted by molar-refractivity contribution is 0.187. The molecule has 0 saturated carbocycles. The molecule has 0 aromatic carbocycles. The van der Waals surface area contributed by atoms with E-state index in [1.807, 2.05) is 0 Å². The lowest BCUT2D eigenvalue weighted by atomic mass is 10.1. The van der Waals surface area contributed by atoms with Gasteiger partial charge in [0.25, 0.3) is 0 Å². The molecule has 0 aromatic rings. The summed E-state index contributed by atoms with van der Waals surface area (Å²) in [6.07, 6.45) is 3.68. The predicted molar refractivity (Wildman–Crippen MR) is 53.4 cm³/mol. The van der Waals surface area contributed by atoms with Crippen molar-refractivity contribution in [2.75, 3.05) is 26.8 Å². The number of hydrogen-bond donors (Lipinski definition) is 1. The fourth-order valence-electron chi connectivity index (χ4n) is 1.20. The Labute approximate surface area is 76.7 Å². The van der Waals surface area contributed by atoms with Gasteiger partial charge in [0.1, 0.15) is 0 Å². The van der Waals surface area contributed by atoms with E-state index in [2.05, 4.69) is 19.2 Å².